The second kappa shape index (κ2) is 7.46. The van der Waals surface area contributed by atoms with E-state index in [9.17, 15) is 13.6 Å². The number of nitrogens with one attached hydrogen (secondary N) is 1. The Morgan fingerprint density at radius 3 is 2.67 bits per heavy atom. The van der Waals surface area contributed by atoms with E-state index in [0.717, 1.165) is 19.4 Å². The lowest BCUT2D eigenvalue weighted by atomic mass is 9.97. The van der Waals surface area contributed by atoms with Gasteiger partial charge in [0.05, 0.1) is 12.6 Å². The Balaban J connectivity index is 1.55. The Kier molecular flexibility index (Phi) is 5.72. The Hall–Kier alpha value is -0.400. The number of amides is 1. The van der Waals surface area contributed by atoms with E-state index in [4.69, 9.17) is 0 Å². The van der Waals surface area contributed by atoms with Crippen LogP contribution in [0.4, 0.5) is 8.78 Å². The number of halogens is 2. The average Bonchev–Trinajstić information content (AvgIpc) is 2.92. The van der Waals surface area contributed by atoms with Crippen LogP contribution in [0.5, 0.6) is 0 Å². The smallest absolute Gasteiger partial charge is 0.275 e. The van der Waals surface area contributed by atoms with Crippen molar-refractivity contribution in [2.24, 2.45) is 0 Å². The molecule has 1 amide bonds. The molecule has 3 heterocycles. The minimum Gasteiger partial charge on any atom is -0.352 e. The highest BCUT2D eigenvalue weighted by molar-refractivity contribution is 8.01. The zero-order valence-electron chi connectivity index (χ0n) is 14.6. The maximum atomic E-state index is 14.8. The van der Waals surface area contributed by atoms with Gasteiger partial charge in [-0.2, -0.15) is 11.8 Å². The van der Waals surface area contributed by atoms with Crippen molar-refractivity contribution in [1.29, 1.82) is 0 Å². The molecule has 3 saturated heterocycles. The topological polar surface area (TPSA) is 35.6 Å². The monoisotopic (exact) mass is 361 g/mol. The molecule has 4 atom stereocenters. The van der Waals surface area contributed by atoms with E-state index in [1.807, 2.05) is 28.5 Å². The zero-order chi connectivity index (χ0) is 17.3. The Morgan fingerprint density at radius 1 is 1.33 bits per heavy atom. The summed E-state index contributed by atoms with van der Waals surface area (Å²) in [4.78, 5) is 15.4. The van der Waals surface area contributed by atoms with E-state index in [-0.39, 0.29) is 24.5 Å². The van der Waals surface area contributed by atoms with Gasteiger partial charge in [-0.25, -0.2) is 8.78 Å². The van der Waals surface area contributed by atoms with Crippen molar-refractivity contribution in [2.45, 2.75) is 68.8 Å². The molecule has 0 aromatic heterocycles. The van der Waals surface area contributed by atoms with Gasteiger partial charge in [0.15, 0.2) is 0 Å². The maximum Gasteiger partial charge on any atom is 0.275 e. The van der Waals surface area contributed by atoms with E-state index in [0.29, 0.717) is 31.2 Å². The molecule has 7 heteroatoms. The number of likely N-dealkylation sites (tertiary alicyclic amines) is 2. The van der Waals surface area contributed by atoms with Gasteiger partial charge in [-0.05, 0) is 31.9 Å². The van der Waals surface area contributed by atoms with Crippen LogP contribution in [-0.2, 0) is 4.79 Å². The average molecular weight is 362 g/mol. The molecule has 0 aromatic rings. The first-order chi connectivity index (χ1) is 11.4. The third kappa shape index (κ3) is 3.88. The van der Waals surface area contributed by atoms with Gasteiger partial charge in [0.25, 0.3) is 5.92 Å². The van der Waals surface area contributed by atoms with E-state index in [1.54, 1.807) is 0 Å². The van der Waals surface area contributed by atoms with Crippen LogP contribution in [0.25, 0.3) is 0 Å². The van der Waals surface area contributed by atoms with E-state index < -0.39 is 12.0 Å². The summed E-state index contributed by atoms with van der Waals surface area (Å²) in [5, 5.41) is 3.47. The fourth-order valence-corrected chi connectivity index (χ4v) is 5.10. The summed E-state index contributed by atoms with van der Waals surface area (Å²) in [6.07, 6.45) is 2.89. The molecule has 0 aromatic carbocycles. The summed E-state index contributed by atoms with van der Waals surface area (Å²) >= 11 is 1.90. The number of piperidine rings is 1. The number of carbonyl (C=O) groups is 1. The first-order valence-corrected chi connectivity index (χ1v) is 10.2. The van der Waals surface area contributed by atoms with Crippen LogP contribution in [-0.4, -0.2) is 76.9 Å². The van der Waals surface area contributed by atoms with Crippen molar-refractivity contribution >= 4 is 17.7 Å². The lowest BCUT2D eigenvalue weighted by molar-refractivity contribution is -0.130. The molecule has 24 heavy (non-hydrogen) atoms. The van der Waals surface area contributed by atoms with E-state index in [1.165, 1.54) is 5.75 Å². The van der Waals surface area contributed by atoms with Crippen LogP contribution in [0.15, 0.2) is 0 Å². The van der Waals surface area contributed by atoms with E-state index >= 15 is 0 Å². The minimum absolute atomic E-state index is 0.00949. The number of thioether (sulfide) groups is 1. The number of alkyl halides is 2. The second-order valence-electron chi connectivity index (χ2n) is 7.38. The molecular weight excluding hydrogens is 332 g/mol. The Morgan fingerprint density at radius 2 is 2.08 bits per heavy atom. The molecule has 0 spiro atoms. The standard InChI is InChI=1S/C17H29F2N3OS/c1-3-16(23)20-13-4-7-21(10-13)15-5-8-22(11-17(15,18)19)12(2)14-6-9-24-14/h12-15H,3-11H2,1-2H3,(H,20,23). The van der Waals surface area contributed by atoms with Crippen LogP contribution in [0.2, 0.25) is 0 Å². The predicted molar refractivity (Wildman–Crippen MR) is 93.7 cm³/mol. The Bertz CT molecular complexity index is 461. The SMILES string of the molecule is CCC(=O)NC1CCN(C2CCN(C(C)C3CCS3)CC2(F)F)C1. The van der Waals surface area contributed by atoms with Crippen molar-refractivity contribution in [2.75, 3.05) is 31.9 Å². The highest BCUT2D eigenvalue weighted by Gasteiger charge is 2.50. The first-order valence-electron chi connectivity index (χ1n) is 9.17. The number of hydrogen-bond acceptors (Lipinski definition) is 4. The highest BCUT2D eigenvalue weighted by atomic mass is 32.2. The molecule has 3 fully saturated rings. The zero-order valence-corrected chi connectivity index (χ0v) is 15.5. The fourth-order valence-electron chi connectivity index (χ4n) is 4.14. The largest absolute Gasteiger partial charge is 0.352 e. The fraction of sp³-hybridized carbons (Fsp3) is 0.941. The number of rotatable bonds is 5. The van der Waals surface area contributed by atoms with Crippen LogP contribution >= 0.6 is 11.8 Å². The van der Waals surface area contributed by atoms with Crippen LogP contribution < -0.4 is 5.32 Å². The number of carbonyl (C=O) groups excluding carboxylic acids is 1. The van der Waals surface area contributed by atoms with Crippen molar-refractivity contribution in [3.8, 4) is 0 Å². The summed E-state index contributed by atoms with van der Waals surface area (Å²) in [6, 6.07) is -0.416. The molecule has 138 valence electrons. The number of nitrogens with zero attached hydrogens (tertiary/aromatic N) is 2. The third-order valence-electron chi connectivity index (χ3n) is 5.79. The van der Waals surface area contributed by atoms with Gasteiger partial charge in [0, 0.05) is 43.4 Å². The van der Waals surface area contributed by atoms with Crippen LogP contribution in [0.1, 0.15) is 39.5 Å². The molecule has 0 radical (unpaired) electrons. The minimum atomic E-state index is -2.68. The van der Waals surface area contributed by atoms with Gasteiger partial charge in [-0.3, -0.25) is 14.6 Å². The van der Waals surface area contributed by atoms with Gasteiger partial charge in [-0.15, -0.1) is 0 Å². The van der Waals surface area contributed by atoms with Gasteiger partial charge < -0.3 is 5.32 Å². The second-order valence-corrected chi connectivity index (χ2v) is 8.72. The summed E-state index contributed by atoms with van der Waals surface area (Å²) in [6.45, 7) is 5.75. The molecule has 0 aliphatic carbocycles. The van der Waals surface area contributed by atoms with Crippen LogP contribution in [0.3, 0.4) is 0 Å². The predicted octanol–water partition coefficient (Wildman–Crippen LogP) is 2.19. The molecule has 3 aliphatic rings. The molecule has 1 N–H and O–H groups in total. The summed E-state index contributed by atoms with van der Waals surface area (Å²) < 4.78 is 29.6. The van der Waals surface area contributed by atoms with E-state index in [2.05, 4.69) is 12.2 Å². The van der Waals surface area contributed by atoms with Gasteiger partial charge in [0.2, 0.25) is 5.91 Å². The highest BCUT2D eigenvalue weighted by Crippen LogP contribution is 2.38. The number of hydrogen-bond donors (Lipinski definition) is 1. The summed E-state index contributed by atoms with van der Waals surface area (Å²) in [5.41, 5.74) is 0. The van der Waals surface area contributed by atoms with Crippen molar-refractivity contribution in [1.82, 2.24) is 15.1 Å². The molecular formula is C17H29F2N3OS. The Labute approximate surface area is 147 Å². The van der Waals surface area contributed by atoms with Crippen molar-refractivity contribution < 1.29 is 13.6 Å². The first kappa shape index (κ1) is 18.4. The molecule has 0 saturated carbocycles. The molecule has 0 bridgehead atoms. The van der Waals surface area contributed by atoms with Gasteiger partial charge in [-0.1, -0.05) is 6.92 Å². The van der Waals surface area contributed by atoms with Gasteiger partial charge >= 0.3 is 0 Å². The van der Waals surface area contributed by atoms with Crippen molar-refractivity contribution in [3.05, 3.63) is 0 Å². The van der Waals surface area contributed by atoms with Gasteiger partial charge in [0.1, 0.15) is 0 Å². The molecule has 4 unspecified atom stereocenters. The summed E-state index contributed by atoms with van der Waals surface area (Å²) in [5.74, 6) is -1.50. The summed E-state index contributed by atoms with van der Waals surface area (Å²) in [7, 11) is 0. The van der Waals surface area contributed by atoms with Crippen molar-refractivity contribution in [3.63, 3.8) is 0 Å². The maximum absolute atomic E-state index is 14.8. The van der Waals surface area contributed by atoms with Crippen LogP contribution in [0, 0.1) is 0 Å². The normalized spacial score (nSPS) is 35.4. The lowest BCUT2D eigenvalue weighted by Gasteiger charge is -2.47. The molecule has 3 aliphatic heterocycles. The quantitative estimate of drug-likeness (QED) is 0.814. The molecule has 3 rings (SSSR count). The lowest BCUT2D eigenvalue weighted by Crippen LogP contribution is -2.61. The third-order valence-corrected chi connectivity index (χ3v) is 7.32. The molecule has 4 nitrogen and oxygen atoms in total.